The number of hydrogen-bond acceptors (Lipinski definition) is 4. The van der Waals surface area contributed by atoms with Gasteiger partial charge in [0, 0.05) is 12.7 Å². The zero-order chi connectivity index (χ0) is 16.7. The first-order valence-electron chi connectivity index (χ1n) is 7.17. The highest BCUT2D eigenvalue weighted by Crippen LogP contribution is 2.16. The van der Waals surface area contributed by atoms with Crippen molar-refractivity contribution in [1.82, 2.24) is 5.32 Å². The fraction of sp³-hybridized carbons (Fsp3) is 0.222. The van der Waals surface area contributed by atoms with Gasteiger partial charge in [0.1, 0.15) is 0 Å². The molecular weight excluding hydrogens is 294 g/mol. The fourth-order valence-electron chi connectivity index (χ4n) is 2.23. The molecule has 1 amide bonds. The number of methoxy groups -OCH3 is 2. The maximum Gasteiger partial charge on any atom is 0.333 e. The summed E-state index contributed by atoms with van der Waals surface area (Å²) in [5, 5.41) is 2.72. The first kappa shape index (κ1) is 16.7. The molecule has 1 atom stereocenters. The van der Waals surface area contributed by atoms with Gasteiger partial charge in [0.2, 0.25) is 0 Å². The molecule has 0 aliphatic heterocycles. The monoisotopic (exact) mass is 313 g/mol. The molecule has 0 fully saturated rings. The molecule has 0 spiro atoms. The maximum atomic E-state index is 12.4. The molecule has 0 heterocycles. The quantitative estimate of drug-likeness (QED) is 0.832. The second-order valence-electron chi connectivity index (χ2n) is 4.97. The molecule has 0 saturated heterocycles. The van der Waals surface area contributed by atoms with E-state index in [-0.39, 0.29) is 5.91 Å². The first-order valence-corrected chi connectivity index (χ1v) is 7.17. The summed E-state index contributed by atoms with van der Waals surface area (Å²) >= 11 is 0. The van der Waals surface area contributed by atoms with Crippen LogP contribution in [0.2, 0.25) is 0 Å². The van der Waals surface area contributed by atoms with Crippen LogP contribution in [0.15, 0.2) is 54.6 Å². The van der Waals surface area contributed by atoms with Gasteiger partial charge in [0.15, 0.2) is 6.04 Å². The number of benzene rings is 2. The highest BCUT2D eigenvalue weighted by atomic mass is 16.5. The number of nitrogens with one attached hydrogen (secondary N) is 1. The minimum atomic E-state index is -0.847. The highest BCUT2D eigenvalue weighted by molar-refractivity contribution is 5.97. The van der Waals surface area contributed by atoms with Gasteiger partial charge in [-0.3, -0.25) is 4.79 Å². The van der Waals surface area contributed by atoms with Gasteiger partial charge < -0.3 is 14.8 Å². The number of carbonyl (C=O) groups excluding carboxylic acids is 2. The van der Waals surface area contributed by atoms with Crippen molar-refractivity contribution in [2.75, 3.05) is 14.2 Å². The number of carbonyl (C=O) groups is 2. The molecular formula is C18H19NO4. The van der Waals surface area contributed by atoms with Gasteiger partial charge in [0.25, 0.3) is 5.91 Å². The SMILES string of the molecule is COCc1cccc(C(=O)NC(C(=O)OC)c2ccccc2)c1. The minimum absolute atomic E-state index is 0.345. The van der Waals surface area contributed by atoms with Crippen LogP contribution >= 0.6 is 0 Å². The van der Waals surface area contributed by atoms with Crippen LogP contribution in [0.1, 0.15) is 27.5 Å². The topological polar surface area (TPSA) is 64.6 Å². The second kappa shape index (κ2) is 8.10. The van der Waals surface area contributed by atoms with Crippen molar-refractivity contribution in [3.05, 3.63) is 71.3 Å². The van der Waals surface area contributed by atoms with Crippen LogP contribution in [0.5, 0.6) is 0 Å². The number of hydrogen-bond donors (Lipinski definition) is 1. The lowest BCUT2D eigenvalue weighted by molar-refractivity contribution is -0.143. The largest absolute Gasteiger partial charge is 0.467 e. The molecule has 23 heavy (non-hydrogen) atoms. The predicted molar refractivity (Wildman–Crippen MR) is 85.8 cm³/mol. The van der Waals surface area contributed by atoms with Crippen molar-refractivity contribution in [3.8, 4) is 0 Å². The van der Waals surface area contributed by atoms with E-state index in [0.29, 0.717) is 17.7 Å². The third kappa shape index (κ3) is 4.40. The Balaban J connectivity index is 2.21. The molecule has 0 radical (unpaired) electrons. The fourth-order valence-corrected chi connectivity index (χ4v) is 2.23. The Bertz CT molecular complexity index is 670. The molecule has 1 unspecified atom stereocenters. The van der Waals surface area contributed by atoms with E-state index in [0.717, 1.165) is 5.56 Å². The van der Waals surface area contributed by atoms with E-state index in [4.69, 9.17) is 9.47 Å². The summed E-state index contributed by atoms with van der Waals surface area (Å²) in [6, 6.07) is 15.2. The van der Waals surface area contributed by atoms with E-state index >= 15 is 0 Å². The van der Waals surface area contributed by atoms with Crippen molar-refractivity contribution in [1.29, 1.82) is 0 Å². The lowest BCUT2D eigenvalue weighted by atomic mass is 10.1. The number of ether oxygens (including phenoxy) is 2. The van der Waals surface area contributed by atoms with E-state index in [1.807, 2.05) is 12.1 Å². The van der Waals surface area contributed by atoms with E-state index in [1.165, 1.54) is 7.11 Å². The summed E-state index contributed by atoms with van der Waals surface area (Å²) in [5.41, 5.74) is 2.01. The maximum absolute atomic E-state index is 12.4. The molecule has 5 heteroatoms. The Morgan fingerprint density at radius 1 is 1.04 bits per heavy atom. The van der Waals surface area contributed by atoms with Crippen LogP contribution in [0.25, 0.3) is 0 Å². The van der Waals surface area contributed by atoms with Gasteiger partial charge in [-0.05, 0) is 23.3 Å². The number of amides is 1. The molecule has 120 valence electrons. The van der Waals surface area contributed by atoms with Gasteiger partial charge in [-0.15, -0.1) is 0 Å². The Morgan fingerprint density at radius 3 is 2.43 bits per heavy atom. The standard InChI is InChI=1S/C18H19NO4/c1-22-12-13-7-6-10-15(11-13)17(20)19-16(18(21)23-2)14-8-4-3-5-9-14/h3-11,16H,12H2,1-2H3,(H,19,20). The normalized spacial score (nSPS) is 11.6. The minimum Gasteiger partial charge on any atom is -0.467 e. The second-order valence-corrected chi connectivity index (χ2v) is 4.97. The van der Waals surface area contributed by atoms with Gasteiger partial charge in [0.05, 0.1) is 13.7 Å². The molecule has 2 aromatic rings. The Kier molecular flexibility index (Phi) is 5.88. The lowest BCUT2D eigenvalue weighted by Gasteiger charge is -2.17. The van der Waals surface area contributed by atoms with Gasteiger partial charge in [-0.1, -0.05) is 42.5 Å². The van der Waals surface area contributed by atoms with Crippen LogP contribution < -0.4 is 5.32 Å². The van der Waals surface area contributed by atoms with Gasteiger partial charge >= 0.3 is 5.97 Å². The molecule has 0 bridgehead atoms. The van der Waals surface area contributed by atoms with E-state index in [9.17, 15) is 9.59 Å². The molecule has 0 aliphatic rings. The summed E-state index contributed by atoms with van der Waals surface area (Å²) in [7, 11) is 2.89. The van der Waals surface area contributed by atoms with Crippen molar-refractivity contribution in [3.63, 3.8) is 0 Å². The van der Waals surface area contributed by atoms with Crippen LogP contribution in [0, 0.1) is 0 Å². The van der Waals surface area contributed by atoms with E-state index < -0.39 is 12.0 Å². The lowest BCUT2D eigenvalue weighted by Crippen LogP contribution is -2.34. The molecule has 1 N–H and O–H groups in total. The molecule has 5 nitrogen and oxygen atoms in total. The molecule has 2 rings (SSSR count). The third-order valence-corrected chi connectivity index (χ3v) is 3.35. The zero-order valence-electron chi connectivity index (χ0n) is 13.1. The average molecular weight is 313 g/mol. The average Bonchev–Trinajstić information content (AvgIpc) is 2.60. The van der Waals surface area contributed by atoms with E-state index in [2.05, 4.69) is 5.32 Å². The molecule has 2 aromatic carbocycles. The van der Waals surface area contributed by atoms with Crippen molar-refractivity contribution in [2.24, 2.45) is 0 Å². The summed E-state index contributed by atoms with van der Waals surface area (Å²) in [6.45, 7) is 0.417. The summed E-state index contributed by atoms with van der Waals surface area (Å²) < 4.78 is 9.86. The Morgan fingerprint density at radius 2 is 1.78 bits per heavy atom. The van der Waals surface area contributed by atoms with Crippen molar-refractivity contribution in [2.45, 2.75) is 12.6 Å². The van der Waals surface area contributed by atoms with Crippen molar-refractivity contribution >= 4 is 11.9 Å². The van der Waals surface area contributed by atoms with Crippen LogP contribution in [0.4, 0.5) is 0 Å². The van der Waals surface area contributed by atoms with Crippen LogP contribution in [-0.2, 0) is 20.9 Å². The first-order chi connectivity index (χ1) is 11.2. The molecule has 0 saturated carbocycles. The van der Waals surface area contributed by atoms with Gasteiger partial charge in [-0.25, -0.2) is 4.79 Å². The zero-order valence-corrected chi connectivity index (χ0v) is 13.1. The van der Waals surface area contributed by atoms with E-state index in [1.54, 1.807) is 49.6 Å². The van der Waals surface area contributed by atoms with Crippen LogP contribution in [0.3, 0.4) is 0 Å². The summed E-state index contributed by atoms with van der Waals surface area (Å²) in [5.74, 6) is -0.861. The molecule has 0 aliphatic carbocycles. The summed E-state index contributed by atoms with van der Waals surface area (Å²) in [6.07, 6.45) is 0. The van der Waals surface area contributed by atoms with Crippen LogP contribution in [-0.4, -0.2) is 26.1 Å². The third-order valence-electron chi connectivity index (χ3n) is 3.35. The Hall–Kier alpha value is -2.66. The Labute approximate surface area is 135 Å². The summed E-state index contributed by atoms with van der Waals surface area (Å²) in [4.78, 5) is 24.4. The molecule has 0 aromatic heterocycles. The number of esters is 1. The highest BCUT2D eigenvalue weighted by Gasteiger charge is 2.23. The smallest absolute Gasteiger partial charge is 0.333 e. The number of rotatable bonds is 6. The van der Waals surface area contributed by atoms with Crippen molar-refractivity contribution < 1.29 is 19.1 Å². The van der Waals surface area contributed by atoms with Gasteiger partial charge in [-0.2, -0.15) is 0 Å². The predicted octanol–water partition coefficient (Wildman–Crippen LogP) is 2.48.